The average Bonchev–Trinajstić information content (AvgIpc) is 2.38. The Hall–Kier alpha value is -2.16. The summed E-state index contributed by atoms with van der Waals surface area (Å²) < 4.78 is 19.2. The van der Waals surface area contributed by atoms with Gasteiger partial charge in [-0.05, 0) is 25.1 Å². The number of aldehydes is 1. The lowest BCUT2D eigenvalue weighted by atomic mass is 10.0. The molecule has 0 saturated carbocycles. The van der Waals surface area contributed by atoms with E-state index in [1.165, 1.54) is 6.07 Å². The molecule has 18 heavy (non-hydrogen) atoms. The Kier molecular flexibility index (Phi) is 3.42. The predicted octanol–water partition coefficient (Wildman–Crippen LogP) is 3.62. The minimum atomic E-state index is -0.427. The fourth-order valence-corrected chi connectivity index (χ4v) is 1.86. The molecule has 2 nitrogen and oxygen atoms in total. The Morgan fingerprint density at radius 1 is 1.11 bits per heavy atom. The van der Waals surface area contributed by atoms with Crippen molar-refractivity contribution in [1.82, 2.24) is 0 Å². The highest BCUT2D eigenvalue weighted by Crippen LogP contribution is 2.32. The number of rotatable bonds is 3. The van der Waals surface area contributed by atoms with Crippen LogP contribution in [0.15, 0.2) is 36.4 Å². The topological polar surface area (TPSA) is 26.3 Å². The summed E-state index contributed by atoms with van der Waals surface area (Å²) in [5, 5.41) is 0. The highest BCUT2D eigenvalue weighted by molar-refractivity contribution is 5.78. The zero-order chi connectivity index (χ0) is 13.1. The fraction of sp³-hybridized carbons (Fsp3) is 0.133. The number of halogens is 1. The molecule has 0 aliphatic heterocycles. The number of carbonyl (C=O) groups excluding carboxylic acids is 1. The van der Waals surface area contributed by atoms with Crippen LogP contribution in [0.25, 0.3) is 11.1 Å². The van der Waals surface area contributed by atoms with Gasteiger partial charge in [0.15, 0.2) is 0 Å². The van der Waals surface area contributed by atoms with Gasteiger partial charge in [0, 0.05) is 16.7 Å². The highest BCUT2D eigenvalue weighted by Gasteiger charge is 2.11. The fourth-order valence-electron chi connectivity index (χ4n) is 1.86. The van der Waals surface area contributed by atoms with Crippen molar-refractivity contribution in [2.45, 2.75) is 6.92 Å². The molecule has 0 saturated heterocycles. The quantitative estimate of drug-likeness (QED) is 0.771. The van der Waals surface area contributed by atoms with Crippen molar-refractivity contribution in [3.63, 3.8) is 0 Å². The minimum Gasteiger partial charge on any atom is -0.496 e. The lowest BCUT2D eigenvalue weighted by molar-refractivity contribution is 0.112. The van der Waals surface area contributed by atoms with E-state index in [4.69, 9.17) is 4.74 Å². The summed E-state index contributed by atoms with van der Waals surface area (Å²) >= 11 is 0. The van der Waals surface area contributed by atoms with Gasteiger partial charge < -0.3 is 4.74 Å². The van der Waals surface area contributed by atoms with Crippen LogP contribution in [0.1, 0.15) is 15.9 Å². The molecule has 0 aliphatic carbocycles. The lowest BCUT2D eigenvalue weighted by Gasteiger charge is -2.10. The summed E-state index contributed by atoms with van der Waals surface area (Å²) in [6.45, 7) is 1.93. The minimum absolute atomic E-state index is 0.322. The lowest BCUT2D eigenvalue weighted by Crippen LogP contribution is -1.92. The Morgan fingerprint density at radius 3 is 2.50 bits per heavy atom. The Bertz CT molecular complexity index is 591. The van der Waals surface area contributed by atoms with E-state index in [0.717, 1.165) is 5.56 Å². The molecule has 2 aromatic carbocycles. The standard InChI is InChI=1S/C15H13FO2/c1-10-3-6-15(18-2)13(7-10)12-5-4-11(9-17)8-14(12)16/h3-9H,1-2H3. The molecule has 0 aliphatic rings. The van der Waals surface area contributed by atoms with E-state index >= 15 is 0 Å². The molecule has 0 amide bonds. The molecular formula is C15H13FO2. The van der Waals surface area contributed by atoms with Crippen LogP contribution in [0.2, 0.25) is 0 Å². The Balaban J connectivity index is 2.61. The number of hydrogen-bond acceptors (Lipinski definition) is 2. The van der Waals surface area contributed by atoms with E-state index in [9.17, 15) is 9.18 Å². The maximum absolute atomic E-state index is 14.0. The van der Waals surface area contributed by atoms with Crippen LogP contribution in [-0.2, 0) is 0 Å². The summed E-state index contributed by atoms with van der Waals surface area (Å²) in [6, 6.07) is 9.98. The molecule has 3 heteroatoms. The second kappa shape index (κ2) is 5.00. The van der Waals surface area contributed by atoms with Crippen LogP contribution in [0, 0.1) is 12.7 Å². The van der Waals surface area contributed by atoms with Gasteiger partial charge in [-0.2, -0.15) is 0 Å². The third-order valence-electron chi connectivity index (χ3n) is 2.77. The maximum Gasteiger partial charge on any atom is 0.150 e. The first kappa shape index (κ1) is 12.3. The summed E-state index contributed by atoms with van der Waals surface area (Å²) in [5.41, 5.74) is 2.46. The largest absolute Gasteiger partial charge is 0.496 e. The van der Waals surface area contributed by atoms with Gasteiger partial charge in [0.05, 0.1) is 7.11 Å². The molecule has 0 fully saturated rings. The van der Waals surface area contributed by atoms with Gasteiger partial charge in [-0.3, -0.25) is 4.79 Å². The molecule has 0 bridgehead atoms. The average molecular weight is 244 g/mol. The molecule has 0 N–H and O–H groups in total. The molecule has 0 heterocycles. The summed E-state index contributed by atoms with van der Waals surface area (Å²) in [7, 11) is 1.55. The van der Waals surface area contributed by atoms with Gasteiger partial charge in [0.1, 0.15) is 17.9 Å². The van der Waals surface area contributed by atoms with Gasteiger partial charge >= 0.3 is 0 Å². The molecule has 92 valence electrons. The van der Waals surface area contributed by atoms with E-state index in [1.54, 1.807) is 25.3 Å². The van der Waals surface area contributed by atoms with Crippen molar-refractivity contribution in [1.29, 1.82) is 0 Å². The SMILES string of the molecule is COc1ccc(C)cc1-c1ccc(C=O)cc1F. The van der Waals surface area contributed by atoms with Crippen molar-refractivity contribution in [2.24, 2.45) is 0 Å². The van der Waals surface area contributed by atoms with Crippen LogP contribution < -0.4 is 4.74 Å². The first-order valence-electron chi connectivity index (χ1n) is 5.55. The monoisotopic (exact) mass is 244 g/mol. The predicted molar refractivity (Wildman–Crippen MR) is 68.5 cm³/mol. The molecule has 0 spiro atoms. The van der Waals surface area contributed by atoms with Crippen LogP contribution in [-0.4, -0.2) is 13.4 Å². The Morgan fingerprint density at radius 2 is 1.89 bits per heavy atom. The second-order valence-electron chi connectivity index (χ2n) is 4.06. The number of methoxy groups -OCH3 is 1. The van der Waals surface area contributed by atoms with Crippen molar-refractivity contribution in [3.8, 4) is 16.9 Å². The van der Waals surface area contributed by atoms with E-state index in [-0.39, 0.29) is 0 Å². The van der Waals surface area contributed by atoms with Gasteiger partial charge in [0.2, 0.25) is 0 Å². The van der Waals surface area contributed by atoms with Crippen LogP contribution in [0.3, 0.4) is 0 Å². The van der Waals surface area contributed by atoms with Crippen LogP contribution >= 0.6 is 0 Å². The molecule has 0 radical (unpaired) electrons. The highest BCUT2D eigenvalue weighted by atomic mass is 19.1. The van der Waals surface area contributed by atoms with Crippen molar-refractivity contribution in [2.75, 3.05) is 7.11 Å². The van der Waals surface area contributed by atoms with E-state index in [0.29, 0.717) is 28.7 Å². The maximum atomic E-state index is 14.0. The molecule has 0 aromatic heterocycles. The summed E-state index contributed by atoms with van der Waals surface area (Å²) in [6.07, 6.45) is 0.625. The van der Waals surface area contributed by atoms with Crippen molar-refractivity contribution in [3.05, 3.63) is 53.3 Å². The summed E-state index contributed by atoms with van der Waals surface area (Å²) in [5.74, 6) is 0.182. The van der Waals surface area contributed by atoms with Crippen molar-refractivity contribution < 1.29 is 13.9 Å². The molecule has 0 unspecified atom stereocenters. The van der Waals surface area contributed by atoms with E-state index in [1.807, 2.05) is 19.1 Å². The number of hydrogen-bond donors (Lipinski definition) is 0. The van der Waals surface area contributed by atoms with E-state index < -0.39 is 5.82 Å². The zero-order valence-electron chi connectivity index (χ0n) is 10.2. The van der Waals surface area contributed by atoms with Crippen LogP contribution in [0.4, 0.5) is 4.39 Å². The number of benzene rings is 2. The second-order valence-corrected chi connectivity index (χ2v) is 4.06. The summed E-state index contributed by atoms with van der Waals surface area (Å²) in [4.78, 5) is 10.6. The molecular weight excluding hydrogens is 231 g/mol. The van der Waals surface area contributed by atoms with Gasteiger partial charge in [0.25, 0.3) is 0 Å². The smallest absolute Gasteiger partial charge is 0.150 e. The van der Waals surface area contributed by atoms with Gasteiger partial charge in [-0.15, -0.1) is 0 Å². The van der Waals surface area contributed by atoms with Crippen molar-refractivity contribution >= 4 is 6.29 Å². The zero-order valence-corrected chi connectivity index (χ0v) is 10.2. The molecule has 2 aromatic rings. The number of carbonyl (C=O) groups is 1. The third-order valence-corrected chi connectivity index (χ3v) is 2.77. The normalized spacial score (nSPS) is 10.2. The Labute approximate surface area is 105 Å². The van der Waals surface area contributed by atoms with Gasteiger partial charge in [-0.1, -0.05) is 23.8 Å². The van der Waals surface area contributed by atoms with E-state index in [2.05, 4.69) is 0 Å². The molecule has 0 atom stereocenters. The first-order valence-corrected chi connectivity index (χ1v) is 5.55. The van der Waals surface area contributed by atoms with Crippen LogP contribution in [0.5, 0.6) is 5.75 Å². The van der Waals surface area contributed by atoms with Gasteiger partial charge in [-0.25, -0.2) is 4.39 Å². The number of aryl methyl sites for hydroxylation is 1. The molecule has 2 rings (SSSR count). The first-order chi connectivity index (χ1) is 8.65. The number of ether oxygens (including phenoxy) is 1. The third kappa shape index (κ3) is 2.25.